The molecule has 0 unspecified atom stereocenters. The number of hydrogen-bond donors (Lipinski definition) is 4. The lowest BCUT2D eigenvalue weighted by atomic mass is 9.94. The van der Waals surface area contributed by atoms with Gasteiger partial charge in [-0.3, -0.25) is 4.79 Å². The molecule has 37 heavy (non-hydrogen) atoms. The van der Waals surface area contributed by atoms with E-state index < -0.39 is 17.9 Å². The first-order valence-electron chi connectivity index (χ1n) is 12.9. The molecule has 202 valence electrons. The zero-order chi connectivity index (χ0) is 27.4. The van der Waals surface area contributed by atoms with Crippen molar-refractivity contribution in [1.29, 1.82) is 0 Å². The molecule has 1 amide bonds. The molecule has 0 saturated heterocycles. The van der Waals surface area contributed by atoms with Gasteiger partial charge in [-0.25, -0.2) is 9.78 Å². The maximum atomic E-state index is 13.5. The van der Waals surface area contributed by atoms with Crippen LogP contribution in [0.15, 0.2) is 41.9 Å². The van der Waals surface area contributed by atoms with E-state index >= 15 is 0 Å². The minimum atomic E-state index is -0.988. The fourth-order valence-corrected chi connectivity index (χ4v) is 4.11. The number of rotatable bonds is 14. The number of carbonyl (C=O) groups is 2. The quantitative estimate of drug-likeness (QED) is 0.155. The zero-order valence-corrected chi connectivity index (χ0v) is 22.7. The molecule has 0 fully saturated rings. The van der Waals surface area contributed by atoms with Gasteiger partial charge in [0.05, 0.1) is 24.7 Å². The van der Waals surface area contributed by atoms with Crippen molar-refractivity contribution in [2.24, 2.45) is 0 Å². The van der Waals surface area contributed by atoms with Crippen molar-refractivity contribution in [3.63, 3.8) is 0 Å². The molecule has 8 heteroatoms. The average Bonchev–Trinajstić information content (AvgIpc) is 3.36. The second-order valence-electron chi connectivity index (χ2n) is 9.60. The first-order chi connectivity index (χ1) is 17.7. The van der Waals surface area contributed by atoms with Crippen LogP contribution in [0.5, 0.6) is 11.5 Å². The number of hydrogen-bond acceptors (Lipinski definition) is 6. The minimum absolute atomic E-state index is 0.0464. The van der Waals surface area contributed by atoms with E-state index in [4.69, 9.17) is 4.74 Å². The molecule has 0 aliphatic rings. The van der Waals surface area contributed by atoms with Crippen molar-refractivity contribution in [2.45, 2.75) is 85.1 Å². The van der Waals surface area contributed by atoms with Crippen molar-refractivity contribution in [3.8, 4) is 11.5 Å². The van der Waals surface area contributed by atoms with E-state index in [1.165, 1.54) is 19.0 Å². The van der Waals surface area contributed by atoms with Crippen LogP contribution in [0.4, 0.5) is 0 Å². The van der Waals surface area contributed by atoms with Gasteiger partial charge < -0.3 is 25.3 Å². The summed E-state index contributed by atoms with van der Waals surface area (Å²) in [6.07, 6.45) is 12.7. The van der Waals surface area contributed by atoms with E-state index in [0.717, 1.165) is 37.7 Å². The normalized spacial score (nSPS) is 12.2. The van der Waals surface area contributed by atoms with E-state index in [-0.39, 0.29) is 35.5 Å². The number of phenolic OH excluding ortho intramolecular Hbond substituents is 2. The van der Waals surface area contributed by atoms with E-state index in [1.807, 2.05) is 13.0 Å². The highest BCUT2D eigenvalue weighted by Crippen LogP contribution is 2.35. The number of nitrogens with one attached hydrogen (secondary N) is 2. The van der Waals surface area contributed by atoms with Crippen LogP contribution in [-0.2, 0) is 28.8 Å². The summed E-state index contributed by atoms with van der Waals surface area (Å²) < 4.78 is 4.89. The lowest BCUT2D eigenvalue weighted by Gasteiger charge is -2.19. The van der Waals surface area contributed by atoms with Gasteiger partial charge in [0.15, 0.2) is 0 Å². The number of aryl methyl sites for hydroxylation is 1. The monoisotopic (exact) mass is 511 g/mol. The Hall–Kier alpha value is -3.55. The number of phenols is 2. The smallest absolute Gasteiger partial charge is 0.328 e. The maximum Gasteiger partial charge on any atom is 0.328 e. The third kappa shape index (κ3) is 9.12. The second kappa shape index (κ2) is 14.9. The predicted octanol–water partition coefficient (Wildman–Crippen LogP) is 5.30. The minimum Gasteiger partial charge on any atom is -0.508 e. The summed E-state index contributed by atoms with van der Waals surface area (Å²) in [6.45, 7) is 8.20. The van der Waals surface area contributed by atoms with E-state index in [1.54, 1.807) is 12.3 Å². The van der Waals surface area contributed by atoms with Crippen molar-refractivity contribution >= 4 is 11.9 Å². The number of aromatic hydroxyl groups is 2. The summed E-state index contributed by atoms with van der Waals surface area (Å²) in [6, 6.07) is 0.575. The summed E-state index contributed by atoms with van der Waals surface area (Å²) in [5.74, 6) is -1.52. The predicted molar refractivity (Wildman–Crippen MR) is 145 cm³/mol. The molecule has 8 nitrogen and oxygen atoms in total. The maximum absolute atomic E-state index is 13.5. The van der Waals surface area contributed by atoms with Crippen LogP contribution in [0.3, 0.4) is 0 Å². The molecule has 2 rings (SSSR count). The molecule has 0 spiro atoms. The molecular weight excluding hydrogens is 470 g/mol. The summed E-state index contributed by atoms with van der Waals surface area (Å²) >= 11 is 0. The van der Waals surface area contributed by atoms with Crippen LogP contribution in [0.2, 0.25) is 0 Å². The van der Waals surface area contributed by atoms with Crippen LogP contribution < -0.4 is 5.32 Å². The molecule has 1 atom stereocenters. The van der Waals surface area contributed by atoms with E-state index in [9.17, 15) is 19.8 Å². The Labute approximate surface area is 219 Å². The standard InChI is InChI=1S/C29H41N3O5/c1-6-7-8-12-21-15-25(33)23(14-13-20(4)11-9-10-19(2)3)27(34)26(21)28(35)32-24(29(36)37-5)16-22-17-30-18-31-22/h10,13,15,17-18,24,33-34H,6-9,11-12,14,16H2,1-5H3,(H,30,31)(H,32,35)/t24-/m0/s1. The van der Waals surface area contributed by atoms with Gasteiger partial charge in [-0.1, -0.05) is 43.1 Å². The van der Waals surface area contributed by atoms with Gasteiger partial charge in [-0.05, 0) is 64.5 Å². The summed E-state index contributed by atoms with van der Waals surface area (Å²) in [5.41, 5.74) is 3.87. The number of methoxy groups -OCH3 is 1. The number of benzene rings is 1. The van der Waals surface area contributed by atoms with Crippen molar-refractivity contribution in [1.82, 2.24) is 15.3 Å². The highest BCUT2D eigenvalue weighted by Gasteiger charge is 2.28. The number of nitrogens with zero attached hydrogens (tertiary/aromatic N) is 1. The topological polar surface area (TPSA) is 125 Å². The molecule has 4 N–H and O–H groups in total. The number of amides is 1. The number of imidazole rings is 1. The number of unbranched alkanes of at least 4 members (excludes halogenated alkanes) is 2. The van der Waals surface area contributed by atoms with Gasteiger partial charge in [0.1, 0.15) is 17.5 Å². The number of aromatic nitrogens is 2. The molecule has 0 aliphatic carbocycles. The SMILES string of the molecule is CCCCCc1cc(O)c(CC=C(C)CCC=C(C)C)c(O)c1C(=O)N[C@@H](Cc1c[nH]cn1)C(=O)OC. The number of aromatic amines is 1. The lowest BCUT2D eigenvalue weighted by molar-refractivity contribution is -0.142. The summed E-state index contributed by atoms with van der Waals surface area (Å²) in [5, 5.41) is 24.7. The summed E-state index contributed by atoms with van der Waals surface area (Å²) in [7, 11) is 1.25. The Morgan fingerprint density at radius 1 is 1.19 bits per heavy atom. The Morgan fingerprint density at radius 2 is 1.95 bits per heavy atom. The number of ether oxygens (including phenoxy) is 1. The van der Waals surface area contributed by atoms with Gasteiger partial charge in [0.2, 0.25) is 0 Å². The molecule has 1 aromatic heterocycles. The van der Waals surface area contributed by atoms with Crippen LogP contribution in [0.25, 0.3) is 0 Å². The molecule has 0 bridgehead atoms. The third-order valence-corrected chi connectivity index (χ3v) is 6.25. The first kappa shape index (κ1) is 29.7. The molecule has 0 aliphatic heterocycles. The average molecular weight is 512 g/mol. The Morgan fingerprint density at radius 3 is 2.57 bits per heavy atom. The number of esters is 1. The molecular formula is C29H41N3O5. The van der Waals surface area contributed by atoms with Crippen LogP contribution in [-0.4, -0.2) is 45.2 Å². The largest absolute Gasteiger partial charge is 0.508 e. The highest BCUT2D eigenvalue weighted by atomic mass is 16.5. The van der Waals surface area contributed by atoms with Gasteiger partial charge in [0, 0.05) is 18.2 Å². The fourth-order valence-electron chi connectivity index (χ4n) is 4.11. The second-order valence-corrected chi connectivity index (χ2v) is 9.60. The molecule has 2 aromatic rings. The molecule has 0 saturated carbocycles. The first-order valence-corrected chi connectivity index (χ1v) is 12.9. The third-order valence-electron chi connectivity index (χ3n) is 6.25. The van der Waals surface area contributed by atoms with Crippen molar-refractivity contribution in [2.75, 3.05) is 7.11 Å². The van der Waals surface area contributed by atoms with Crippen LogP contribution in [0, 0.1) is 0 Å². The number of carbonyl (C=O) groups excluding carboxylic acids is 2. The van der Waals surface area contributed by atoms with Gasteiger partial charge in [-0.15, -0.1) is 0 Å². The molecule has 0 radical (unpaired) electrons. The Balaban J connectivity index is 2.38. The highest BCUT2D eigenvalue weighted by molar-refractivity contribution is 6.01. The number of allylic oxidation sites excluding steroid dienone is 4. The molecule has 1 aromatic carbocycles. The molecule has 1 heterocycles. The van der Waals surface area contributed by atoms with Gasteiger partial charge >= 0.3 is 5.97 Å². The Bertz CT molecular complexity index is 1100. The summed E-state index contributed by atoms with van der Waals surface area (Å²) in [4.78, 5) is 32.9. The van der Waals surface area contributed by atoms with E-state index in [2.05, 4.69) is 42.1 Å². The number of H-pyrrole nitrogens is 1. The fraction of sp³-hybridized carbons (Fsp3) is 0.483. The van der Waals surface area contributed by atoms with Crippen molar-refractivity contribution < 1.29 is 24.5 Å². The zero-order valence-electron chi connectivity index (χ0n) is 22.7. The lowest BCUT2D eigenvalue weighted by Crippen LogP contribution is -2.43. The van der Waals surface area contributed by atoms with E-state index in [0.29, 0.717) is 17.7 Å². The van der Waals surface area contributed by atoms with Crippen LogP contribution >= 0.6 is 0 Å². The Kier molecular flexibility index (Phi) is 11.9. The van der Waals surface area contributed by atoms with Crippen LogP contribution in [0.1, 0.15) is 87.0 Å². The van der Waals surface area contributed by atoms with Crippen molar-refractivity contribution in [3.05, 3.63) is 64.3 Å². The van der Waals surface area contributed by atoms with Gasteiger partial charge in [-0.2, -0.15) is 0 Å². The van der Waals surface area contributed by atoms with Gasteiger partial charge in [0.25, 0.3) is 5.91 Å².